The fourth-order valence-electron chi connectivity index (χ4n) is 4.51. The molecule has 0 radical (unpaired) electrons. The molecule has 1 unspecified atom stereocenters. The second-order valence-corrected chi connectivity index (χ2v) is 10.6. The van der Waals surface area contributed by atoms with Crippen molar-refractivity contribution in [3.05, 3.63) is 11.6 Å². The van der Waals surface area contributed by atoms with Crippen molar-refractivity contribution >= 4 is 17.7 Å². The van der Waals surface area contributed by atoms with Gasteiger partial charge in [-0.05, 0) is 51.6 Å². The number of likely N-dealkylation sites (N-methyl/N-ethyl adjacent to an activating group) is 2. The molecule has 0 aromatic rings. The maximum atomic E-state index is 13.5. The lowest BCUT2D eigenvalue weighted by molar-refractivity contribution is -0.139. The zero-order valence-corrected chi connectivity index (χ0v) is 22.9. The number of unbranched alkanes of at least 4 members (excludes halogenated alkanes) is 3. The molecule has 1 aliphatic heterocycles. The molecular formula is C27H50N4O3. The summed E-state index contributed by atoms with van der Waals surface area (Å²) >= 11 is 0. The van der Waals surface area contributed by atoms with Gasteiger partial charge in [-0.25, -0.2) is 0 Å². The summed E-state index contributed by atoms with van der Waals surface area (Å²) in [6.45, 7) is 13.5. The third kappa shape index (κ3) is 9.40. The molecule has 1 heterocycles. The van der Waals surface area contributed by atoms with Gasteiger partial charge in [-0.3, -0.25) is 19.3 Å². The predicted octanol–water partition coefficient (Wildman–Crippen LogP) is 3.74. The number of rotatable bonds is 13. The Morgan fingerprint density at radius 3 is 2.29 bits per heavy atom. The average molecular weight is 479 g/mol. The molecular weight excluding hydrogens is 428 g/mol. The first-order chi connectivity index (χ1) is 16.0. The summed E-state index contributed by atoms with van der Waals surface area (Å²) in [6, 6.07) is -1.03. The van der Waals surface area contributed by atoms with Gasteiger partial charge >= 0.3 is 0 Å². The highest BCUT2D eigenvalue weighted by Gasteiger charge is 2.34. The van der Waals surface area contributed by atoms with Crippen LogP contribution < -0.4 is 10.6 Å². The van der Waals surface area contributed by atoms with Crippen LogP contribution in [0, 0.1) is 11.8 Å². The summed E-state index contributed by atoms with van der Waals surface area (Å²) < 4.78 is 0. The maximum absolute atomic E-state index is 13.5. The molecule has 34 heavy (non-hydrogen) atoms. The molecule has 0 aliphatic carbocycles. The molecule has 7 nitrogen and oxygen atoms in total. The molecule has 1 rings (SSSR count). The Hall–Kier alpha value is -1.89. The van der Waals surface area contributed by atoms with Gasteiger partial charge in [0.2, 0.25) is 17.7 Å². The number of carbonyl (C=O) groups is 3. The van der Waals surface area contributed by atoms with Crippen molar-refractivity contribution in [1.82, 2.24) is 20.4 Å². The minimum atomic E-state index is -0.602. The van der Waals surface area contributed by atoms with E-state index in [1.807, 2.05) is 40.8 Å². The first-order valence-corrected chi connectivity index (χ1v) is 13.2. The van der Waals surface area contributed by atoms with E-state index < -0.39 is 6.04 Å². The van der Waals surface area contributed by atoms with E-state index in [4.69, 9.17) is 0 Å². The van der Waals surface area contributed by atoms with Crippen molar-refractivity contribution in [2.75, 3.05) is 27.2 Å². The lowest BCUT2D eigenvalue weighted by Crippen LogP contribution is -2.57. The van der Waals surface area contributed by atoms with Crippen molar-refractivity contribution in [3.63, 3.8) is 0 Å². The van der Waals surface area contributed by atoms with Crippen LogP contribution in [-0.2, 0) is 14.4 Å². The molecule has 0 saturated carbocycles. The highest BCUT2D eigenvalue weighted by atomic mass is 16.2. The fourth-order valence-corrected chi connectivity index (χ4v) is 4.51. The molecule has 1 saturated heterocycles. The van der Waals surface area contributed by atoms with E-state index in [1.54, 1.807) is 18.9 Å². The van der Waals surface area contributed by atoms with E-state index in [-0.39, 0.29) is 41.6 Å². The quantitative estimate of drug-likeness (QED) is 0.312. The summed E-state index contributed by atoms with van der Waals surface area (Å²) in [4.78, 5) is 42.9. The summed E-state index contributed by atoms with van der Waals surface area (Å²) in [7, 11) is 3.74. The molecule has 1 aliphatic rings. The number of carbonyl (C=O) groups excluding carboxylic acids is 3. The van der Waals surface area contributed by atoms with Crippen LogP contribution in [-0.4, -0.2) is 72.8 Å². The number of likely N-dealkylation sites (tertiary alicyclic amines) is 1. The number of amides is 3. The molecule has 1 fully saturated rings. The van der Waals surface area contributed by atoms with Crippen molar-refractivity contribution in [2.45, 2.75) is 105 Å². The highest BCUT2D eigenvalue weighted by molar-refractivity contribution is 5.93. The van der Waals surface area contributed by atoms with Crippen molar-refractivity contribution in [2.24, 2.45) is 11.8 Å². The first-order valence-electron chi connectivity index (χ1n) is 13.2. The number of piperidine rings is 1. The lowest BCUT2D eigenvalue weighted by Gasteiger charge is -2.36. The minimum Gasteiger partial charge on any atom is -0.352 e. The van der Waals surface area contributed by atoms with Gasteiger partial charge < -0.3 is 15.5 Å². The molecule has 0 spiro atoms. The van der Waals surface area contributed by atoms with Gasteiger partial charge in [0.25, 0.3) is 0 Å². The molecule has 7 heteroatoms. The minimum absolute atomic E-state index is 0.0443. The normalized spacial score (nSPS) is 19.1. The smallest absolute Gasteiger partial charge is 0.246 e. The van der Waals surface area contributed by atoms with Crippen LogP contribution in [0.4, 0.5) is 0 Å². The first kappa shape index (κ1) is 30.1. The second kappa shape index (κ2) is 15.2. The number of nitrogens with one attached hydrogen (secondary N) is 2. The largest absolute Gasteiger partial charge is 0.352 e. The summed E-state index contributed by atoms with van der Waals surface area (Å²) in [5.41, 5.74) is 0.614. The van der Waals surface area contributed by atoms with E-state index in [0.29, 0.717) is 12.1 Å². The Balaban J connectivity index is 2.88. The monoisotopic (exact) mass is 478 g/mol. The van der Waals surface area contributed by atoms with Crippen molar-refractivity contribution in [3.8, 4) is 0 Å². The molecule has 3 atom stereocenters. The third-order valence-corrected chi connectivity index (χ3v) is 6.88. The average Bonchev–Trinajstić information content (AvgIpc) is 2.79. The zero-order valence-electron chi connectivity index (χ0n) is 22.9. The predicted molar refractivity (Wildman–Crippen MR) is 139 cm³/mol. The van der Waals surface area contributed by atoms with Gasteiger partial charge in [0.1, 0.15) is 6.04 Å². The van der Waals surface area contributed by atoms with E-state index >= 15 is 0 Å². The van der Waals surface area contributed by atoms with Crippen LogP contribution in [0.1, 0.15) is 86.5 Å². The standard InChI is InChI=1S/C27H50N4O3/c1-9-10-11-13-16-28-25(32)21(6)18-23(19(2)3)31(8)27(34)24(20(4)5)29-26(33)22-15-12-14-17-30(22)7/h18-20,22-24H,9-17H2,1-8H3,(H,28,32)(H,29,33)/b21-18+/t22-,23?,24+/m1/s1. The van der Waals surface area contributed by atoms with Crippen LogP contribution in [0.25, 0.3) is 0 Å². The topological polar surface area (TPSA) is 81.8 Å². The third-order valence-electron chi connectivity index (χ3n) is 6.88. The van der Waals surface area contributed by atoms with Crippen molar-refractivity contribution < 1.29 is 14.4 Å². The number of hydrogen-bond acceptors (Lipinski definition) is 4. The number of nitrogens with zero attached hydrogens (tertiary/aromatic N) is 2. The Morgan fingerprint density at radius 1 is 1.06 bits per heavy atom. The van der Waals surface area contributed by atoms with Gasteiger partial charge in [-0.2, -0.15) is 0 Å². The Morgan fingerprint density at radius 2 is 1.74 bits per heavy atom. The van der Waals surface area contributed by atoms with Crippen molar-refractivity contribution in [1.29, 1.82) is 0 Å². The zero-order chi connectivity index (χ0) is 25.8. The Labute approximate surface area is 208 Å². The van der Waals surface area contributed by atoms with E-state index in [1.165, 1.54) is 12.8 Å². The fraction of sp³-hybridized carbons (Fsp3) is 0.815. The summed E-state index contributed by atoms with van der Waals surface area (Å²) in [5, 5.41) is 6.03. The van der Waals surface area contributed by atoms with Gasteiger partial charge in [0.15, 0.2) is 0 Å². The second-order valence-electron chi connectivity index (χ2n) is 10.6. The molecule has 196 valence electrons. The Kier molecular flexibility index (Phi) is 13.5. The summed E-state index contributed by atoms with van der Waals surface area (Å²) in [6.07, 6.45) is 9.27. The van der Waals surface area contributed by atoms with Crippen LogP contribution in [0.3, 0.4) is 0 Å². The molecule has 0 bridgehead atoms. The SMILES string of the molecule is CCCCCCNC(=O)/C(C)=C/C(C(C)C)N(C)C(=O)[C@@H](NC(=O)[C@H]1CCCCN1C)C(C)C. The highest BCUT2D eigenvalue weighted by Crippen LogP contribution is 2.19. The van der Waals surface area contributed by atoms with Crippen LogP contribution in [0.5, 0.6) is 0 Å². The Bertz CT molecular complexity index is 689. The van der Waals surface area contributed by atoms with E-state index in [9.17, 15) is 14.4 Å². The molecule has 0 aromatic heterocycles. The summed E-state index contributed by atoms with van der Waals surface area (Å²) in [5.74, 6) is -0.203. The van der Waals surface area contributed by atoms with Gasteiger partial charge in [-0.1, -0.05) is 66.4 Å². The molecule has 0 aromatic carbocycles. The maximum Gasteiger partial charge on any atom is 0.246 e. The van der Waals surface area contributed by atoms with Crippen LogP contribution in [0.2, 0.25) is 0 Å². The molecule has 2 N–H and O–H groups in total. The van der Waals surface area contributed by atoms with Crippen LogP contribution in [0.15, 0.2) is 11.6 Å². The molecule has 3 amide bonds. The van der Waals surface area contributed by atoms with Gasteiger partial charge in [0, 0.05) is 19.2 Å². The van der Waals surface area contributed by atoms with Gasteiger partial charge in [0.05, 0.1) is 12.1 Å². The number of hydrogen-bond donors (Lipinski definition) is 2. The van der Waals surface area contributed by atoms with E-state index in [2.05, 4.69) is 22.5 Å². The lowest BCUT2D eigenvalue weighted by atomic mass is 9.96. The van der Waals surface area contributed by atoms with E-state index in [0.717, 1.165) is 38.6 Å². The van der Waals surface area contributed by atoms with Crippen LogP contribution >= 0.6 is 0 Å². The van der Waals surface area contributed by atoms with Gasteiger partial charge in [-0.15, -0.1) is 0 Å².